The lowest BCUT2D eigenvalue weighted by atomic mass is 9.91. The summed E-state index contributed by atoms with van der Waals surface area (Å²) in [6.45, 7) is 8.37. The second-order valence-electron chi connectivity index (χ2n) is 12.8. The molecule has 44 heavy (non-hydrogen) atoms. The van der Waals surface area contributed by atoms with Crippen molar-refractivity contribution in [2.75, 3.05) is 26.4 Å². The molecule has 3 aliphatic rings. The van der Waals surface area contributed by atoms with Crippen molar-refractivity contribution in [1.29, 1.82) is 0 Å². The molecule has 0 aromatic heterocycles. The van der Waals surface area contributed by atoms with Gasteiger partial charge in [0.1, 0.15) is 11.4 Å². The Morgan fingerprint density at radius 1 is 1.07 bits per heavy atom. The quantitative estimate of drug-likeness (QED) is 0.436. The van der Waals surface area contributed by atoms with Gasteiger partial charge in [0.2, 0.25) is 0 Å². The lowest BCUT2D eigenvalue weighted by Crippen LogP contribution is -2.60. The summed E-state index contributed by atoms with van der Waals surface area (Å²) >= 11 is 0. The monoisotopic (exact) mass is 609 g/mol. The Morgan fingerprint density at radius 2 is 1.75 bits per heavy atom. The lowest BCUT2D eigenvalue weighted by molar-refractivity contribution is -0.0871. The summed E-state index contributed by atoms with van der Waals surface area (Å²) in [5.41, 5.74) is 1.92. The van der Waals surface area contributed by atoms with Crippen LogP contribution in [-0.2, 0) is 22.4 Å². The van der Waals surface area contributed by atoms with Crippen LogP contribution < -0.4 is 10.1 Å². The van der Waals surface area contributed by atoms with Gasteiger partial charge in [0, 0.05) is 18.7 Å². The summed E-state index contributed by atoms with van der Waals surface area (Å²) in [5, 5.41) is 24.3. The van der Waals surface area contributed by atoms with E-state index in [4.69, 9.17) is 14.2 Å². The molecule has 3 heterocycles. The number of hydrogen-bond acceptors (Lipinski definition) is 8. The first kappa shape index (κ1) is 31.7. The third kappa shape index (κ3) is 7.00. The fraction of sp³-hybridized carbons (Fsp3) is 0.545. The molecule has 0 spiro atoms. The molecule has 2 bridgehead atoms. The summed E-state index contributed by atoms with van der Waals surface area (Å²) < 4.78 is 17.0. The number of aliphatic hydroxyl groups excluding tert-OH is 2. The van der Waals surface area contributed by atoms with Gasteiger partial charge < -0.3 is 34.6 Å². The van der Waals surface area contributed by atoms with Crippen LogP contribution in [0, 0.1) is 0 Å². The number of ether oxygens (including phenoxy) is 3. The minimum absolute atomic E-state index is 0.114. The van der Waals surface area contributed by atoms with Gasteiger partial charge in [0.15, 0.2) is 0 Å². The Hall–Kier alpha value is -3.67. The molecule has 11 nitrogen and oxygen atoms in total. The van der Waals surface area contributed by atoms with E-state index in [1.54, 1.807) is 50.8 Å². The van der Waals surface area contributed by atoms with Gasteiger partial charge in [-0.25, -0.2) is 4.79 Å². The Kier molecular flexibility index (Phi) is 9.48. The summed E-state index contributed by atoms with van der Waals surface area (Å²) in [4.78, 5) is 43.4. The van der Waals surface area contributed by atoms with Crippen LogP contribution in [0.25, 0.3) is 0 Å². The molecule has 2 saturated heterocycles. The number of aliphatic hydroxyl groups is 2. The van der Waals surface area contributed by atoms with E-state index >= 15 is 0 Å². The number of rotatable bonds is 7. The summed E-state index contributed by atoms with van der Waals surface area (Å²) in [6.07, 6.45) is -0.734. The standard InChI is InChI=1S/C33H43N3O8/c1-5-43-29-13-21(31(40)36-23-14-25(37)15-24(36)19-42-18-23)10-11-26(29)30(39)34-16-28(38)27-12-20-8-6-7-9-22(20)17-35(27)32(41)44-33(2,3)4/h6-11,13,23-25,27-28,37-38H,5,12,14-19H2,1-4H3,(H,34,39)/t23?,24?,25?,27-,28?/m0/s1. The van der Waals surface area contributed by atoms with E-state index in [-0.39, 0.29) is 49.0 Å². The Balaban J connectivity index is 1.29. The minimum atomic E-state index is -1.08. The number of fused-ring (bicyclic) bond motifs is 3. The predicted octanol–water partition coefficient (Wildman–Crippen LogP) is 2.90. The van der Waals surface area contributed by atoms with Gasteiger partial charge in [-0.3, -0.25) is 14.5 Å². The molecule has 0 saturated carbocycles. The van der Waals surface area contributed by atoms with Crippen molar-refractivity contribution in [1.82, 2.24) is 15.1 Å². The summed E-state index contributed by atoms with van der Waals surface area (Å²) in [5.74, 6) is -0.415. The number of carbonyl (C=O) groups excluding carboxylic acids is 3. The number of nitrogens with one attached hydrogen (secondary N) is 1. The van der Waals surface area contributed by atoms with Crippen LogP contribution in [0.3, 0.4) is 0 Å². The predicted molar refractivity (Wildman–Crippen MR) is 161 cm³/mol. The maximum atomic E-state index is 13.6. The maximum absolute atomic E-state index is 13.6. The topological polar surface area (TPSA) is 138 Å². The normalized spacial score (nSPS) is 23.8. The van der Waals surface area contributed by atoms with Crippen LogP contribution in [0.2, 0.25) is 0 Å². The first-order valence-electron chi connectivity index (χ1n) is 15.3. The number of piperidine rings is 1. The number of amides is 3. The molecule has 4 atom stereocenters. The largest absolute Gasteiger partial charge is 0.493 e. The first-order chi connectivity index (χ1) is 20.9. The number of carbonyl (C=O) groups is 3. The number of morpholine rings is 1. The van der Waals surface area contributed by atoms with E-state index in [0.29, 0.717) is 38.0 Å². The highest BCUT2D eigenvalue weighted by Gasteiger charge is 2.42. The van der Waals surface area contributed by atoms with Crippen molar-refractivity contribution >= 4 is 17.9 Å². The summed E-state index contributed by atoms with van der Waals surface area (Å²) in [6, 6.07) is 11.4. The zero-order valence-corrected chi connectivity index (χ0v) is 25.8. The van der Waals surface area contributed by atoms with Gasteiger partial charge in [0.05, 0.1) is 55.7 Å². The average molecular weight is 610 g/mol. The Morgan fingerprint density at radius 3 is 2.41 bits per heavy atom. The second kappa shape index (κ2) is 13.1. The number of nitrogens with zero attached hydrogens (tertiary/aromatic N) is 2. The van der Waals surface area contributed by atoms with Crippen molar-refractivity contribution < 1.29 is 38.8 Å². The van der Waals surface area contributed by atoms with E-state index in [1.165, 1.54) is 4.90 Å². The fourth-order valence-corrected chi connectivity index (χ4v) is 6.32. The summed E-state index contributed by atoms with van der Waals surface area (Å²) in [7, 11) is 0. The van der Waals surface area contributed by atoms with Crippen LogP contribution >= 0.6 is 0 Å². The van der Waals surface area contributed by atoms with Crippen LogP contribution in [-0.4, -0.2) is 100 Å². The van der Waals surface area contributed by atoms with E-state index in [2.05, 4.69) is 5.32 Å². The molecular formula is C33H43N3O8. The zero-order chi connectivity index (χ0) is 31.6. The molecule has 2 fully saturated rings. The van der Waals surface area contributed by atoms with Crippen molar-refractivity contribution in [2.24, 2.45) is 0 Å². The van der Waals surface area contributed by atoms with Gasteiger partial charge >= 0.3 is 6.09 Å². The third-order valence-electron chi connectivity index (χ3n) is 8.34. The molecule has 238 valence electrons. The van der Waals surface area contributed by atoms with Crippen molar-refractivity contribution in [2.45, 2.75) is 89.4 Å². The molecule has 3 aliphatic heterocycles. The second-order valence-corrected chi connectivity index (χ2v) is 12.8. The molecule has 3 amide bonds. The van der Waals surface area contributed by atoms with Gasteiger partial charge in [-0.05, 0) is 76.3 Å². The van der Waals surface area contributed by atoms with E-state index < -0.39 is 35.9 Å². The molecular weight excluding hydrogens is 566 g/mol. The molecule has 2 aromatic carbocycles. The Labute approximate surface area is 258 Å². The van der Waals surface area contributed by atoms with E-state index in [9.17, 15) is 24.6 Å². The highest BCUT2D eigenvalue weighted by molar-refractivity contribution is 6.00. The molecule has 0 radical (unpaired) electrons. The van der Waals surface area contributed by atoms with Gasteiger partial charge in [-0.2, -0.15) is 0 Å². The zero-order valence-electron chi connectivity index (χ0n) is 25.8. The maximum Gasteiger partial charge on any atom is 0.410 e. The molecule has 11 heteroatoms. The SMILES string of the molecule is CCOc1cc(C(=O)N2C3COCC2CC(O)C3)ccc1C(=O)NCC(O)[C@@H]1Cc2ccccc2CN1C(=O)OC(C)(C)C. The molecule has 5 rings (SSSR count). The number of hydrogen-bond donors (Lipinski definition) is 3. The van der Waals surface area contributed by atoms with E-state index in [0.717, 1.165) is 11.1 Å². The Bertz CT molecular complexity index is 1360. The smallest absolute Gasteiger partial charge is 0.410 e. The first-order valence-corrected chi connectivity index (χ1v) is 15.3. The van der Waals surface area contributed by atoms with Crippen molar-refractivity contribution in [3.8, 4) is 5.75 Å². The molecule has 3 unspecified atom stereocenters. The fourth-order valence-electron chi connectivity index (χ4n) is 6.32. The third-order valence-corrected chi connectivity index (χ3v) is 8.34. The van der Waals surface area contributed by atoms with Crippen molar-refractivity contribution in [3.63, 3.8) is 0 Å². The molecule has 0 aliphatic carbocycles. The van der Waals surface area contributed by atoms with Crippen LogP contribution in [0.5, 0.6) is 5.75 Å². The van der Waals surface area contributed by atoms with Gasteiger partial charge in [0.25, 0.3) is 11.8 Å². The highest BCUT2D eigenvalue weighted by Crippen LogP contribution is 2.31. The van der Waals surface area contributed by atoms with Crippen LogP contribution in [0.15, 0.2) is 42.5 Å². The van der Waals surface area contributed by atoms with E-state index in [1.807, 2.05) is 24.3 Å². The van der Waals surface area contributed by atoms with Crippen LogP contribution in [0.1, 0.15) is 72.4 Å². The molecule has 3 N–H and O–H groups in total. The average Bonchev–Trinajstić information content (AvgIpc) is 2.97. The van der Waals surface area contributed by atoms with Crippen molar-refractivity contribution in [3.05, 3.63) is 64.7 Å². The molecule has 2 aromatic rings. The van der Waals surface area contributed by atoms with Gasteiger partial charge in [-0.15, -0.1) is 0 Å². The minimum Gasteiger partial charge on any atom is -0.493 e. The number of benzene rings is 2. The van der Waals surface area contributed by atoms with Gasteiger partial charge in [-0.1, -0.05) is 24.3 Å². The lowest BCUT2D eigenvalue weighted by Gasteiger charge is -2.47. The highest BCUT2D eigenvalue weighted by atomic mass is 16.6. The van der Waals surface area contributed by atoms with Crippen LogP contribution in [0.4, 0.5) is 4.79 Å².